The molecule has 0 bridgehead atoms. The van der Waals surface area contributed by atoms with Gasteiger partial charge >= 0.3 is 154 Å². The quantitative estimate of drug-likeness (QED) is 0.544. The Balaban J connectivity index is 1.26. The third-order valence-corrected chi connectivity index (χ3v) is 16.0. The van der Waals surface area contributed by atoms with Crippen LogP contribution in [-0.2, 0) is 20.7 Å². The molecule has 31 heavy (non-hydrogen) atoms. The molecule has 1 aliphatic carbocycles. The number of hydrogen-bond donors (Lipinski definition) is 2. The van der Waals surface area contributed by atoms with Gasteiger partial charge in [0.05, 0.1) is 7.11 Å². The van der Waals surface area contributed by atoms with Crippen molar-refractivity contribution in [3.05, 3.63) is 22.8 Å². The minimum Gasteiger partial charge on any atom is -0.0814 e. The fourth-order valence-electron chi connectivity index (χ4n) is 4.23. The first-order valence-electron chi connectivity index (χ1n) is 10.6. The van der Waals surface area contributed by atoms with Gasteiger partial charge in [0, 0.05) is 6.20 Å². The van der Waals surface area contributed by atoms with Crippen LogP contribution in [0.2, 0.25) is 7.85 Å². The molecule has 1 saturated carbocycles. The maximum absolute atomic E-state index is 12.6. The zero-order chi connectivity index (χ0) is 21.8. The number of ether oxygens (including phenoxy) is 3. The smallest absolute Gasteiger partial charge is 0.0814 e. The van der Waals surface area contributed by atoms with Crippen LogP contribution in [0.25, 0.3) is 0 Å². The van der Waals surface area contributed by atoms with Gasteiger partial charge in [0.15, 0.2) is 0 Å². The Morgan fingerprint density at radius 3 is 3.06 bits per heavy atom. The number of thiazole rings is 1. The van der Waals surface area contributed by atoms with Gasteiger partial charge in [-0.2, -0.15) is 0 Å². The Hall–Kier alpha value is -1.59. The molecule has 3 atom stereocenters. The number of aromatic nitrogens is 3. The van der Waals surface area contributed by atoms with E-state index in [9.17, 15) is 9.59 Å². The molecule has 0 spiro atoms. The molecule has 2 fully saturated rings. The third-order valence-electron chi connectivity index (χ3n) is 5.96. The molecule has 4 rings (SSSR count). The van der Waals surface area contributed by atoms with Crippen molar-refractivity contribution in [2.75, 3.05) is 25.6 Å². The van der Waals surface area contributed by atoms with E-state index in [1.165, 1.54) is 11.3 Å². The molecule has 1 saturated heterocycles. The Bertz CT molecular complexity index is 919. The van der Waals surface area contributed by atoms with Crippen molar-refractivity contribution in [1.29, 1.82) is 0 Å². The van der Waals surface area contributed by atoms with Crippen molar-refractivity contribution in [3.63, 3.8) is 0 Å². The van der Waals surface area contributed by atoms with Gasteiger partial charge in [-0.15, -0.1) is 0 Å². The third kappa shape index (κ3) is 5.81. The van der Waals surface area contributed by atoms with Crippen LogP contribution in [0.5, 0.6) is 5.19 Å². The van der Waals surface area contributed by atoms with Crippen molar-refractivity contribution >= 4 is 48.2 Å². The normalized spacial score (nSPS) is 23.5. The maximum atomic E-state index is 12.6. The summed E-state index contributed by atoms with van der Waals surface area (Å²) < 4.78 is 17.9. The number of methoxy groups -OCH3 is 1. The fourth-order valence-corrected chi connectivity index (χ4v) is 11.9. The Morgan fingerprint density at radius 1 is 1.42 bits per heavy atom. The van der Waals surface area contributed by atoms with Crippen LogP contribution < -0.4 is 10.1 Å². The zero-order valence-electron chi connectivity index (χ0n) is 17.8. The molecule has 2 aromatic heterocycles. The number of nitrogens with zero attached hydrogens (tertiary/aromatic N) is 2. The average Bonchev–Trinajstić information content (AvgIpc) is 3.49. The number of carbonyl (C=O) groups is 2. The SMILES string of the molecule is COc1ncc(CC(=O)Nc2cc([C@H]3CC[C@@H](O[C](=O)[In]4[CH2]COC[C@@H]4C)C3)[nH]n2)s1. The van der Waals surface area contributed by atoms with Gasteiger partial charge in [-0.1, -0.05) is 11.3 Å². The molecule has 0 radical (unpaired) electrons. The standard InChI is InChI=1S/C15H17N4O4S.C5H10O.In/c1-22-15-16-7-11(24-15)5-14(21)17-13-6-12(18-19-13)9-2-3-10(4-9)23-8-20;1-3-5-6-4-2;/h6-7,9-10H,2-5H2,1H3,(H2,17,18,19,21);3H,2,4-5H2,1H3;/t9-,10+;;/m0../s1. The second-order valence-electron chi connectivity index (χ2n) is 8.25. The Labute approximate surface area is 192 Å². The summed E-state index contributed by atoms with van der Waals surface area (Å²) in [6.45, 7) is 3.56. The van der Waals surface area contributed by atoms with Gasteiger partial charge in [0.2, 0.25) is 0 Å². The van der Waals surface area contributed by atoms with Gasteiger partial charge in [0.1, 0.15) is 0 Å². The number of amides is 1. The molecule has 0 unspecified atom stereocenters. The predicted molar refractivity (Wildman–Crippen MR) is 117 cm³/mol. The number of H-pyrrole nitrogens is 1. The number of hydrogen-bond acceptors (Lipinski definition) is 8. The summed E-state index contributed by atoms with van der Waals surface area (Å²) in [6, 6.07) is 1.87. The van der Waals surface area contributed by atoms with E-state index in [4.69, 9.17) is 14.2 Å². The molecule has 3 heterocycles. The average molecular weight is 550 g/mol. The second-order valence-corrected chi connectivity index (χ2v) is 19.0. The van der Waals surface area contributed by atoms with Crippen LogP contribution in [-0.4, -0.2) is 72.7 Å². The van der Waals surface area contributed by atoms with E-state index in [0.717, 1.165) is 34.0 Å². The van der Waals surface area contributed by atoms with E-state index in [1.807, 2.05) is 6.07 Å². The van der Waals surface area contributed by atoms with Gasteiger partial charge < -0.3 is 4.74 Å². The summed E-state index contributed by atoms with van der Waals surface area (Å²) >= 11 is -0.997. The molecule has 0 aromatic carbocycles. The van der Waals surface area contributed by atoms with Crippen LogP contribution >= 0.6 is 11.3 Å². The molecule has 11 heteroatoms. The first-order chi connectivity index (χ1) is 15.0. The summed E-state index contributed by atoms with van der Waals surface area (Å²) in [7, 11) is 1.55. The molecular formula is C20H27InN4O5S. The topological polar surface area (TPSA) is 115 Å². The molecule has 9 nitrogen and oxygen atoms in total. The first kappa shape index (κ1) is 22.6. The number of carbonyl (C=O) groups excluding carboxylic acids is 2. The fraction of sp³-hybridized carbons (Fsp3) is 0.600. The van der Waals surface area contributed by atoms with Gasteiger partial charge in [-0.3, -0.25) is 0 Å². The monoisotopic (exact) mass is 550 g/mol. The number of nitrogens with one attached hydrogen (secondary N) is 2. The minimum absolute atomic E-state index is 0.0214. The predicted octanol–water partition coefficient (Wildman–Crippen LogP) is 3.33. The van der Waals surface area contributed by atoms with Crippen LogP contribution in [0.3, 0.4) is 0 Å². The van der Waals surface area contributed by atoms with Crippen LogP contribution in [0, 0.1) is 0 Å². The summed E-state index contributed by atoms with van der Waals surface area (Å²) in [5, 5.41) is 10.6. The summed E-state index contributed by atoms with van der Waals surface area (Å²) in [6.07, 6.45) is 4.45. The largest absolute Gasteiger partial charge is 0.0814 e. The number of anilines is 1. The number of aromatic amines is 1. The van der Waals surface area contributed by atoms with E-state index in [-0.39, 0.29) is 28.1 Å². The minimum atomic E-state index is -2.34. The summed E-state index contributed by atoms with van der Waals surface area (Å²) in [4.78, 5) is 29.8. The Kier molecular flexibility index (Phi) is 7.55. The van der Waals surface area contributed by atoms with Crippen molar-refractivity contribution in [3.8, 4) is 5.19 Å². The van der Waals surface area contributed by atoms with E-state index >= 15 is 0 Å². The summed E-state index contributed by atoms with van der Waals surface area (Å²) in [5.74, 6) is 0.605. The van der Waals surface area contributed by atoms with Gasteiger partial charge in [-0.25, -0.2) is 4.98 Å². The molecule has 1 aliphatic heterocycles. The van der Waals surface area contributed by atoms with Crippen LogP contribution in [0.15, 0.2) is 12.3 Å². The van der Waals surface area contributed by atoms with Crippen LogP contribution in [0.4, 0.5) is 10.6 Å². The van der Waals surface area contributed by atoms with Gasteiger partial charge in [-0.05, 0) is 0 Å². The maximum Gasteiger partial charge on any atom is -0.0814 e. The second kappa shape index (κ2) is 10.4. The molecule has 2 N–H and O–H groups in total. The van der Waals surface area contributed by atoms with Crippen molar-refractivity contribution in [2.24, 2.45) is 0 Å². The zero-order valence-corrected chi connectivity index (χ0v) is 21.9. The molecule has 2 aromatic rings. The molecule has 1 amide bonds. The number of rotatable bonds is 7. The molecular weight excluding hydrogens is 523 g/mol. The Morgan fingerprint density at radius 2 is 2.29 bits per heavy atom. The summed E-state index contributed by atoms with van der Waals surface area (Å²) in [5.41, 5.74) is 0.969. The van der Waals surface area contributed by atoms with E-state index in [0.29, 0.717) is 27.9 Å². The first-order valence-corrected chi connectivity index (χ1v) is 17.3. The van der Waals surface area contributed by atoms with E-state index in [2.05, 4.69) is 27.4 Å². The van der Waals surface area contributed by atoms with Crippen molar-refractivity contribution in [1.82, 2.24) is 15.2 Å². The van der Waals surface area contributed by atoms with Crippen molar-refractivity contribution in [2.45, 2.75) is 52.5 Å². The van der Waals surface area contributed by atoms with E-state index < -0.39 is 21.4 Å². The van der Waals surface area contributed by atoms with Crippen molar-refractivity contribution < 1.29 is 23.8 Å². The van der Waals surface area contributed by atoms with Gasteiger partial charge in [0.25, 0.3) is 5.19 Å². The molecule has 2 aliphatic rings. The van der Waals surface area contributed by atoms with Crippen LogP contribution in [0.1, 0.15) is 42.7 Å². The van der Waals surface area contributed by atoms with E-state index in [1.54, 1.807) is 13.3 Å². The molecule has 166 valence electrons.